The van der Waals surface area contributed by atoms with Gasteiger partial charge in [-0.15, -0.1) is 0 Å². The highest BCUT2D eigenvalue weighted by Crippen LogP contribution is 2.35. The number of hydrogen-bond donors (Lipinski definition) is 1. The van der Waals surface area contributed by atoms with Gasteiger partial charge in [-0.25, -0.2) is 0 Å². The first-order valence-corrected chi connectivity index (χ1v) is 5.79. The Kier molecular flexibility index (Phi) is 2.73. The van der Waals surface area contributed by atoms with Crippen molar-refractivity contribution in [3.63, 3.8) is 0 Å². The second kappa shape index (κ2) is 3.83. The van der Waals surface area contributed by atoms with Crippen LogP contribution in [0.2, 0.25) is 0 Å². The van der Waals surface area contributed by atoms with Gasteiger partial charge in [0.05, 0.1) is 0 Å². The molecule has 1 fully saturated rings. The Morgan fingerprint density at radius 3 is 2.69 bits per heavy atom. The minimum Gasteiger partial charge on any atom is -0.305 e. The van der Waals surface area contributed by atoms with Crippen molar-refractivity contribution in [2.75, 3.05) is 0 Å². The van der Waals surface area contributed by atoms with Gasteiger partial charge in [0.2, 0.25) is 0 Å². The maximum Gasteiger partial charge on any atom is 0.0255 e. The highest BCUT2D eigenvalue weighted by atomic mass is 15.0. The molecule has 0 radical (unpaired) electrons. The Balaban J connectivity index is 1.88. The quantitative estimate of drug-likeness (QED) is 0.657. The first-order valence-electron chi connectivity index (χ1n) is 5.79. The SMILES string of the molecule is CCC1(NC2C=CCCC2)CCC1. The summed E-state index contributed by atoms with van der Waals surface area (Å²) in [6.07, 6.45) is 14.2. The summed E-state index contributed by atoms with van der Waals surface area (Å²) < 4.78 is 0. The van der Waals surface area contributed by atoms with Gasteiger partial charge in [0.25, 0.3) is 0 Å². The number of nitrogens with one attached hydrogen (secondary N) is 1. The molecule has 1 saturated carbocycles. The Hall–Kier alpha value is -0.300. The highest BCUT2D eigenvalue weighted by Gasteiger charge is 2.36. The molecule has 1 heteroatoms. The monoisotopic (exact) mass is 179 g/mol. The minimum absolute atomic E-state index is 0.520. The van der Waals surface area contributed by atoms with Crippen molar-refractivity contribution in [3.8, 4) is 0 Å². The van der Waals surface area contributed by atoms with E-state index in [0.29, 0.717) is 11.6 Å². The predicted octanol–water partition coefficient (Wildman–Crippen LogP) is 3.02. The lowest BCUT2D eigenvalue weighted by atomic mass is 9.74. The van der Waals surface area contributed by atoms with Crippen LogP contribution in [-0.2, 0) is 0 Å². The van der Waals surface area contributed by atoms with E-state index in [1.807, 2.05) is 0 Å². The van der Waals surface area contributed by atoms with Crippen LogP contribution in [0.5, 0.6) is 0 Å². The van der Waals surface area contributed by atoms with E-state index in [9.17, 15) is 0 Å². The molecule has 1 unspecified atom stereocenters. The van der Waals surface area contributed by atoms with Gasteiger partial charge < -0.3 is 5.32 Å². The lowest BCUT2D eigenvalue weighted by Gasteiger charge is -2.45. The third-order valence-electron chi connectivity index (χ3n) is 3.73. The summed E-state index contributed by atoms with van der Waals surface area (Å²) in [5.41, 5.74) is 0.520. The average molecular weight is 179 g/mol. The summed E-state index contributed by atoms with van der Waals surface area (Å²) in [4.78, 5) is 0. The van der Waals surface area contributed by atoms with Crippen molar-refractivity contribution < 1.29 is 0 Å². The molecule has 0 aliphatic heterocycles. The van der Waals surface area contributed by atoms with Crippen LogP contribution in [0.4, 0.5) is 0 Å². The van der Waals surface area contributed by atoms with Crippen molar-refractivity contribution in [2.24, 2.45) is 0 Å². The number of rotatable bonds is 3. The first kappa shape index (κ1) is 9.26. The highest BCUT2D eigenvalue weighted by molar-refractivity contribution is 5.04. The van der Waals surface area contributed by atoms with Crippen molar-refractivity contribution in [2.45, 2.75) is 63.5 Å². The zero-order valence-electron chi connectivity index (χ0n) is 8.68. The molecule has 2 rings (SSSR count). The zero-order valence-corrected chi connectivity index (χ0v) is 8.68. The van der Waals surface area contributed by atoms with E-state index >= 15 is 0 Å². The predicted molar refractivity (Wildman–Crippen MR) is 56.8 cm³/mol. The van der Waals surface area contributed by atoms with Crippen molar-refractivity contribution >= 4 is 0 Å². The maximum atomic E-state index is 3.83. The summed E-state index contributed by atoms with van der Waals surface area (Å²) in [5.74, 6) is 0. The molecule has 1 nitrogen and oxygen atoms in total. The van der Waals surface area contributed by atoms with Crippen LogP contribution in [0.15, 0.2) is 12.2 Å². The molecule has 74 valence electrons. The molecular weight excluding hydrogens is 158 g/mol. The van der Waals surface area contributed by atoms with E-state index in [1.165, 1.54) is 44.9 Å². The molecule has 1 N–H and O–H groups in total. The molecule has 0 saturated heterocycles. The van der Waals surface area contributed by atoms with Gasteiger partial charge in [-0.05, 0) is 44.9 Å². The molecule has 13 heavy (non-hydrogen) atoms. The van der Waals surface area contributed by atoms with Crippen molar-refractivity contribution in [3.05, 3.63) is 12.2 Å². The molecule has 0 aromatic carbocycles. The number of hydrogen-bond acceptors (Lipinski definition) is 1. The fraction of sp³-hybridized carbons (Fsp3) is 0.833. The fourth-order valence-electron chi connectivity index (χ4n) is 2.53. The Morgan fingerprint density at radius 2 is 2.23 bits per heavy atom. The van der Waals surface area contributed by atoms with Crippen LogP contribution in [0, 0.1) is 0 Å². The summed E-state index contributed by atoms with van der Waals surface area (Å²) >= 11 is 0. The Morgan fingerprint density at radius 1 is 1.38 bits per heavy atom. The van der Waals surface area contributed by atoms with Crippen LogP contribution in [0.3, 0.4) is 0 Å². The summed E-state index contributed by atoms with van der Waals surface area (Å²) in [7, 11) is 0. The summed E-state index contributed by atoms with van der Waals surface area (Å²) in [6, 6.07) is 0.675. The zero-order chi connectivity index (χ0) is 9.15. The van der Waals surface area contributed by atoms with Gasteiger partial charge in [0, 0.05) is 11.6 Å². The van der Waals surface area contributed by atoms with E-state index in [-0.39, 0.29) is 0 Å². The van der Waals surface area contributed by atoms with Crippen LogP contribution < -0.4 is 5.32 Å². The van der Waals surface area contributed by atoms with Gasteiger partial charge in [-0.3, -0.25) is 0 Å². The summed E-state index contributed by atoms with van der Waals surface area (Å²) in [5, 5.41) is 3.83. The molecule has 0 heterocycles. The Bertz CT molecular complexity index is 186. The van der Waals surface area contributed by atoms with Gasteiger partial charge in [0.1, 0.15) is 0 Å². The van der Waals surface area contributed by atoms with Crippen LogP contribution in [0.25, 0.3) is 0 Å². The molecule has 2 aliphatic rings. The molecule has 0 aromatic rings. The third kappa shape index (κ3) is 1.96. The molecule has 0 amide bonds. The lowest BCUT2D eigenvalue weighted by molar-refractivity contribution is 0.162. The third-order valence-corrected chi connectivity index (χ3v) is 3.73. The van der Waals surface area contributed by atoms with E-state index in [4.69, 9.17) is 0 Å². The number of allylic oxidation sites excluding steroid dienone is 1. The molecule has 0 spiro atoms. The van der Waals surface area contributed by atoms with Crippen molar-refractivity contribution in [1.29, 1.82) is 0 Å². The average Bonchev–Trinajstić information content (AvgIpc) is 2.13. The van der Waals surface area contributed by atoms with Gasteiger partial charge >= 0.3 is 0 Å². The second-order valence-corrected chi connectivity index (χ2v) is 4.60. The van der Waals surface area contributed by atoms with Crippen molar-refractivity contribution in [1.82, 2.24) is 5.32 Å². The molecule has 1 atom stereocenters. The van der Waals surface area contributed by atoms with E-state index in [1.54, 1.807) is 0 Å². The maximum absolute atomic E-state index is 3.83. The van der Waals surface area contributed by atoms with Crippen LogP contribution in [0.1, 0.15) is 51.9 Å². The molecule has 0 aromatic heterocycles. The van der Waals surface area contributed by atoms with E-state index < -0.39 is 0 Å². The normalized spacial score (nSPS) is 31.3. The molecular formula is C12H21N. The summed E-state index contributed by atoms with van der Waals surface area (Å²) in [6.45, 7) is 2.32. The van der Waals surface area contributed by atoms with Crippen LogP contribution >= 0.6 is 0 Å². The van der Waals surface area contributed by atoms with Gasteiger partial charge in [-0.2, -0.15) is 0 Å². The topological polar surface area (TPSA) is 12.0 Å². The van der Waals surface area contributed by atoms with E-state index in [2.05, 4.69) is 24.4 Å². The largest absolute Gasteiger partial charge is 0.305 e. The second-order valence-electron chi connectivity index (χ2n) is 4.60. The van der Waals surface area contributed by atoms with Crippen LogP contribution in [-0.4, -0.2) is 11.6 Å². The van der Waals surface area contributed by atoms with Gasteiger partial charge in [-0.1, -0.05) is 19.1 Å². The smallest absolute Gasteiger partial charge is 0.0255 e. The fourth-order valence-corrected chi connectivity index (χ4v) is 2.53. The van der Waals surface area contributed by atoms with E-state index in [0.717, 1.165) is 0 Å². The minimum atomic E-state index is 0.520. The first-order chi connectivity index (χ1) is 6.35. The standard InChI is InChI=1S/C12H21N/c1-2-12(9-6-10-12)13-11-7-4-3-5-8-11/h4,7,11,13H,2-3,5-6,8-10H2,1H3. The van der Waals surface area contributed by atoms with Gasteiger partial charge in [0.15, 0.2) is 0 Å². The molecule has 0 bridgehead atoms. The Labute approximate surface area is 81.6 Å². The molecule has 2 aliphatic carbocycles. The lowest BCUT2D eigenvalue weighted by Crippen LogP contribution is -2.54.